The molecule has 0 aromatic carbocycles. The monoisotopic (exact) mass is 495 g/mol. The molecule has 0 spiro atoms. The standard InChI is InChI=1S/C18H30ClN5O.HI/c1-3-20-18(22-10-5-6-13-25-4-2)23-15-9-12-24(14-15)17-16(19)8-7-11-21-17;/h7-8,11,15H,3-6,9-10,12-14H2,1-2H3,(H2,20,22,23);1H. The van der Waals surface area contributed by atoms with Crippen molar-refractivity contribution < 1.29 is 4.74 Å². The molecule has 0 aliphatic carbocycles. The van der Waals surface area contributed by atoms with Gasteiger partial charge in [-0.2, -0.15) is 0 Å². The third-order valence-corrected chi connectivity index (χ3v) is 4.38. The van der Waals surface area contributed by atoms with Crippen LogP contribution in [0.25, 0.3) is 0 Å². The van der Waals surface area contributed by atoms with Gasteiger partial charge in [-0.25, -0.2) is 4.98 Å². The van der Waals surface area contributed by atoms with Gasteiger partial charge in [-0.15, -0.1) is 24.0 Å². The summed E-state index contributed by atoms with van der Waals surface area (Å²) in [6.45, 7) is 9.20. The molecule has 148 valence electrons. The van der Waals surface area contributed by atoms with Gasteiger partial charge in [-0.1, -0.05) is 11.6 Å². The van der Waals surface area contributed by atoms with Crippen molar-refractivity contribution in [1.82, 2.24) is 15.6 Å². The van der Waals surface area contributed by atoms with Crippen molar-refractivity contribution in [2.45, 2.75) is 39.2 Å². The first-order valence-corrected chi connectivity index (χ1v) is 9.60. The van der Waals surface area contributed by atoms with E-state index in [1.807, 2.05) is 19.1 Å². The lowest BCUT2D eigenvalue weighted by Crippen LogP contribution is -2.44. The molecule has 1 aromatic heterocycles. The summed E-state index contributed by atoms with van der Waals surface area (Å²) in [5.41, 5.74) is 0. The number of anilines is 1. The third-order valence-electron chi connectivity index (χ3n) is 4.08. The van der Waals surface area contributed by atoms with Gasteiger partial charge in [0.2, 0.25) is 0 Å². The summed E-state index contributed by atoms with van der Waals surface area (Å²) in [6, 6.07) is 4.09. The van der Waals surface area contributed by atoms with Crippen molar-refractivity contribution in [2.75, 3.05) is 44.3 Å². The maximum absolute atomic E-state index is 6.26. The number of nitrogens with zero attached hydrogens (tertiary/aromatic N) is 3. The van der Waals surface area contributed by atoms with Crippen LogP contribution in [0.15, 0.2) is 23.3 Å². The fourth-order valence-electron chi connectivity index (χ4n) is 2.85. The Balaban J connectivity index is 0.00000338. The second-order valence-corrected chi connectivity index (χ2v) is 6.46. The van der Waals surface area contributed by atoms with E-state index in [1.165, 1.54) is 0 Å². The first-order chi connectivity index (χ1) is 12.2. The zero-order chi connectivity index (χ0) is 17.9. The Kier molecular flexibility index (Phi) is 12.0. The van der Waals surface area contributed by atoms with Gasteiger partial charge in [0.1, 0.15) is 5.82 Å². The molecule has 8 heteroatoms. The molecule has 2 N–H and O–H groups in total. The SMILES string of the molecule is CCNC(=NCCCCOCC)NC1CCN(c2ncccc2Cl)C1.I. The Hall–Kier alpha value is -0.800. The smallest absolute Gasteiger partial charge is 0.191 e. The lowest BCUT2D eigenvalue weighted by atomic mass is 10.3. The van der Waals surface area contributed by atoms with Crippen LogP contribution >= 0.6 is 35.6 Å². The summed E-state index contributed by atoms with van der Waals surface area (Å²) in [6.07, 6.45) is 4.92. The van der Waals surface area contributed by atoms with Crippen molar-refractivity contribution >= 4 is 47.4 Å². The zero-order valence-electron chi connectivity index (χ0n) is 15.7. The summed E-state index contributed by atoms with van der Waals surface area (Å²) >= 11 is 6.26. The number of aromatic nitrogens is 1. The number of unbranched alkanes of at least 4 members (excludes halogenated alkanes) is 1. The van der Waals surface area contributed by atoms with Crippen LogP contribution < -0.4 is 15.5 Å². The second-order valence-electron chi connectivity index (χ2n) is 6.05. The summed E-state index contributed by atoms with van der Waals surface area (Å²) in [5.74, 6) is 1.75. The van der Waals surface area contributed by atoms with E-state index in [4.69, 9.17) is 16.3 Å². The van der Waals surface area contributed by atoms with Gasteiger partial charge >= 0.3 is 0 Å². The minimum Gasteiger partial charge on any atom is -0.382 e. The maximum atomic E-state index is 6.26. The molecule has 1 saturated heterocycles. The molecule has 6 nitrogen and oxygen atoms in total. The normalized spacial score (nSPS) is 17.1. The van der Waals surface area contributed by atoms with Gasteiger partial charge in [0, 0.05) is 51.6 Å². The van der Waals surface area contributed by atoms with E-state index in [2.05, 4.69) is 32.4 Å². The van der Waals surface area contributed by atoms with Crippen LogP contribution in [0, 0.1) is 0 Å². The molecule has 1 aliphatic rings. The van der Waals surface area contributed by atoms with Crippen LogP contribution in [0.1, 0.15) is 33.1 Å². The molecule has 0 bridgehead atoms. The van der Waals surface area contributed by atoms with Crippen LogP contribution in [0.4, 0.5) is 5.82 Å². The Morgan fingerprint density at radius 3 is 3.00 bits per heavy atom. The highest BCUT2D eigenvalue weighted by Crippen LogP contribution is 2.25. The highest BCUT2D eigenvalue weighted by molar-refractivity contribution is 14.0. The molecule has 2 rings (SSSR count). The van der Waals surface area contributed by atoms with Gasteiger partial charge in [0.05, 0.1) is 5.02 Å². The van der Waals surface area contributed by atoms with Crippen molar-refractivity contribution in [1.29, 1.82) is 0 Å². The van der Waals surface area contributed by atoms with Crippen LogP contribution in [0.5, 0.6) is 0 Å². The van der Waals surface area contributed by atoms with Crippen LogP contribution in [-0.2, 0) is 4.74 Å². The number of ether oxygens (including phenoxy) is 1. The Labute approximate surface area is 179 Å². The van der Waals surface area contributed by atoms with E-state index in [1.54, 1.807) is 6.20 Å². The van der Waals surface area contributed by atoms with E-state index in [0.717, 1.165) is 70.4 Å². The topological polar surface area (TPSA) is 61.8 Å². The average molecular weight is 496 g/mol. The molecule has 0 radical (unpaired) electrons. The molecular formula is C18H31ClIN5O. The fraction of sp³-hybridized carbons (Fsp3) is 0.667. The molecular weight excluding hydrogens is 465 g/mol. The van der Waals surface area contributed by atoms with Gasteiger partial charge in [0.25, 0.3) is 0 Å². The second kappa shape index (κ2) is 13.4. The van der Waals surface area contributed by atoms with Crippen molar-refractivity contribution in [3.05, 3.63) is 23.4 Å². The molecule has 1 aromatic rings. The number of rotatable bonds is 9. The molecule has 0 saturated carbocycles. The predicted octanol–water partition coefficient (Wildman–Crippen LogP) is 3.30. The lowest BCUT2D eigenvalue weighted by Gasteiger charge is -2.20. The third kappa shape index (κ3) is 7.84. The largest absolute Gasteiger partial charge is 0.382 e. The minimum absolute atomic E-state index is 0. The summed E-state index contributed by atoms with van der Waals surface area (Å²) in [7, 11) is 0. The fourth-order valence-corrected chi connectivity index (χ4v) is 3.09. The van der Waals surface area contributed by atoms with Gasteiger partial charge in [-0.3, -0.25) is 4.99 Å². The number of nitrogens with one attached hydrogen (secondary N) is 2. The Morgan fingerprint density at radius 2 is 2.27 bits per heavy atom. The molecule has 26 heavy (non-hydrogen) atoms. The van der Waals surface area contributed by atoms with Crippen molar-refractivity contribution in [3.8, 4) is 0 Å². The Morgan fingerprint density at radius 1 is 1.42 bits per heavy atom. The quantitative estimate of drug-likeness (QED) is 0.238. The Bertz CT molecular complexity index is 546. The van der Waals surface area contributed by atoms with Gasteiger partial charge in [-0.05, 0) is 45.2 Å². The highest BCUT2D eigenvalue weighted by atomic mass is 127. The first kappa shape index (κ1) is 23.2. The van der Waals surface area contributed by atoms with Crippen molar-refractivity contribution in [3.63, 3.8) is 0 Å². The van der Waals surface area contributed by atoms with E-state index in [0.29, 0.717) is 11.1 Å². The zero-order valence-corrected chi connectivity index (χ0v) is 18.8. The minimum atomic E-state index is 0. The predicted molar refractivity (Wildman–Crippen MR) is 120 cm³/mol. The summed E-state index contributed by atoms with van der Waals surface area (Å²) in [4.78, 5) is 11.3. The molecule has 1 unspecified atom stereocenters. The van der Waals surface area contributed by atoms with Gasteiger partial charge in [0.15, 0.2) is 5.96 Å². The van der Waals surface area contributed by atoms with Gasteiger partial charge < -0.3 is 20.3 Å². The number of hydrogen-bond donors (Lipinski definition) is 2. The van der Waals surface area contributed by atoms with E-state index >= 15 is 0 Å². The van der Waals surface area contributed by atoms with Crippen molar-refractivity contribution in [2.24, 2.45) is 4.99 Å². The maximum Gasteiger partial charge on any atom is 0.191 e. The number of aliphatic imine (C=N–C) groups is 1. The molecule has 1 aliphatic heterocycles. The lowest BCUT2D eigenvalue weighted by molar-refractivity contribution is 0.144. The van der Waals surface area contributed by atoms with E-state index in [9.17, 15) is 0 Å². The van der Waals surface area contributed by atoms with Crippen LogP contribution in [0.3, 0.4) is 0 Å². The van der Waals surface area contributed by atoms with E-state index in [-0.39, 0.29) is 24.0 Å². The first-order valence-electron chi connectivity index (χ1n) is 9.22. The number of halogens is 2. The highest BCUT2D eigenvalue weighted by Gasteiger charge is 2.25. The van der Waals surface area contributed by atoms with Crippen LogP contribution in [0.2, 0.25) is 5.02 Å². The number of hydrogen-bond acceptors (Lipinski definition) is 4. The van der Waals surface area contributed by atoms with Crippen LogP contribution in [-0.4, -0.2) is 56.4 Å². The number of pyridine rings is 1. The summed E-state index contributed by atoms with van der Waals surface area (Å²) < 4.78 is 5.36. The average Bonchev–Trinajstić information content (AvgIpc) is 3.07. The van der Waals surface area contributed by atoms with E-state index < -0.39 is 0 Å². The molecule has 1 atom stereocenters. The molecule has 1 fully saturated rings. The summed E-state index contributed by atoms with van der Waals surface area (Å²) in [5, 5.41) is 7.56. The number of guanidine groups is 1. The molecule has 2 heterocycles. The molecule has 0 amide bonds.